The van der Waals surface area contributed by atoms with Crippen LogP contribution in [0.1, 0.15) is 54.4 Å². The number of alkyl halides is 3. The molecule has 1 saturated carbocycles. The SMILES string of the molecule is CC1CCC(CNC(=O)c2ccc(C(F)(F)F)c(F)c2)CC1.Cc1nc(N(C)C)c2ccccc2n1. The summed E-state index contributed by atoms with van der Waals surface area (Å²) in [6, 6.07) is 10.3. The number of para-hydroxylation sites is 1. The average molecular weight is 505 g/mol. The van der Waals surface area contributed by atoms with Gasteiger partial charge < -0.3 is 10.2 Å². The highest BCUT2D eigenvalue weighted by Crippen LogP contribution is 2.32. The van der Waals surface area contributed by atoms with Gasteiger partial charge in [0.05, 0.1) is 11.1 Å². The van der Waals surface area contributed by atoms with Crippen LogP contribution in [0.25, 0.3) is 10.9 Å². The van der Waals surface area contributed by atoms with Crippen molar-refractivity contribution in [2.75, 3.05) is 25.5 Å². The molecule has 1 aliphatic rings. The molecule has 0 aliphatic heterocycles. The van der Waals surface area contributed by atoms with Gasteiger partial charge >= 0.3 is 6.18 Å². The Morgan fingerprint density at radius 2 is 1.72 bits per heavy atom. The van der Waals surface area contributed by atoms with Crippen molar-refractivity contribution in [3.63, 3.8) is 0 Å². The van der Waals surface area contributed by atoms with Gasteiger partial charge in [-0.05, 0) is 61.9 Å². The minimum Gasteiger partial charge on any atom is -0.362 e. The van der Waals surface area contributed by atoms with Crippen LogP contribution in [0, 0.1) is 24.6 Å². The number of hydrogen-bond acceptors (Lipinski definition) is 4. The van der Waals surface area contributed by atoms with Gasteiger partial charge in [-0.25, -0.2) is 14.4 Å². The van der Waals surface area contributed by atoms with Crippen molar-refractivity contribution < 1.29 is 22.4 Å². The van der Waals surface area contributed by atoms with Crippen LogP contribution in [-0.4, -0.2) is 36.5 Å². The van der Waals surface area contributed by atoms with Gasteiger partial charge in [-0.15, -0.1) is 0 Å². The largest absolute Gasteiger partial charge is 0.419 e. The van der Waals surface area contributed by atoms with Gasteiger partial charge in [0.1, 0.15) is 17.5 Å². The Balaban J connectivity index is 0.000000221. The maximum atomic E-state index is 13.4. The van der Waals surface area contributed by atoms with Gasteiger partial charge in [-0.3, -0.25) is 4.79 Å². The topological polar surface area (TPSA) is 58.1 Å². The van der Waals surface area contributed by atoms with Crippen LogP contribution in [0.15, 0.2) is 42.5 Å². The van der Waals surface area contributed by atoms with Crippen molar-refractivity contribution in [1.82, 2.24) is 15.3 Å². The molecule has 0 radical (unpaired) electrons. The third-order valence-corrected chi connectivity index (χ3v) is 6.34. The second-order valence-electron chi connectivity index (χ2n) is 9.53. The molecule has 36 heavy (non-hydrogen) atoms. The zero-order valence-corrected chi connectivity index (χ0v) is 21.0. The van der Waals surface area contributed by atoms with E-state index in [-0.39, 0.29) is 5.56 Å². The number of anilines is 1. The molecule has 0 atom stereocenters. The second kappa shape index (κ2) is 11.7. The minimum atomic E-state index is -4.75. The Morgan fingerprint density at radius 1 is 1.06 bits per heavy atom. The van der Waals surface area contributed by atoms with E-state index in [2.05, 4.69) is 22.2 Å². The van der Waals surface area contributed by atoms with Crippen molar-refractivity contribution >= 4 is 22.6 Å². The van der Waals surface area contributed by atoms with Gasteiger partial charge in [0.2, 0.25) is 0 Å². The highest BCUT2D eigenvalue weighted by Gasteiger charge is 2.34. The molecule has 1 fully saturated rings. The van der Waals surface area contributed by atoms with Gasteiger partial charge in [-0.2, -0.15) is 13.2 Å². The molecule has 5 nitrogen and oxygen atoms in total. The highest BCUT2D eigenvalue weighted by atomic mass is 19.4. The quantitative estimate of drug-likeness (QED) is 0.418. The lowest BCUT2D eigenvalue weighted by Gasteiger charge is -2.26. The molecule has 2 aromatic carbocycles. The first-order chi connectivity index (χ1) is 17.0. The normalized spacial score (nSPS) is 17.8. The maximum Gasteiger partial charge on any atom is 0.419 e. The van der Waals surface area contributed by atoms with Crippen molar-refractivity contribution in [2.24, 2.45) is 11.8 Å². The Hall–Kier alpha value is -3.23. The Labute approximate surface area is 208 Å². The van der Waals surface area contributed by atoms with E-state index >= 15 is 0 Å². The molecule has 0 unspecified atom stereocenters. The maximum absolute atomic E-state index is 13.4. The predicted molar refractivity (Wildman–Crippen MR) is 133 cm³/mol. The first-order valence-electron chi connectivity index (χ1n) is 12.0. The Bertz CT molecular complexity index is 1190. The van der Waals surface area contributed by atoms with E-state index in [1.807, 2.05) is 50.2 Å². The van der Waals surface area contributed by atoms with Crippen molar-refractivity contribution in [1.29, 1.82) is 0 Å². The number of benzene rings is 2. The number of aryl methyl sites for hydroxylation is 1. The van der Waals surface area contributed by atoms with E-state index in [0.29, 0.717) is 30.5 Å². The van der Waals surface area contributed by atoms with E-state index in [1.54, 1.807) is 0 Å². The fraction of sp³-hybridized carbons (Fsp3) is 0.444. The van der Waals surface area contributed by atoms with Crippen molar-refractivity contribution in [3.05, 3.63) is 65.2 Å². The lowest BCUT2D eigenvalue weighted by atomic mass is 9.83. The van der Waals surface area contributed by atoms with Gasteiger partial charge in [-0.1, -0.05) is 31.9 Å². The standard InChI is InChI=1S/C16H19F4NO.C11H13N3/c1-10-2-4-11(5-3-10)9-21-15(22)12-6-7-13(14(17)8-12)16(18,19)20;1-8-12-10-7-5-4-6-9(10)11(13-8)14(2)3/h6-8,10-11H,2-5,9H2,1H3,(H,21,22);4-7H,1-3H3. The van der Waals surface area contributed by atoms with Crippen molar-refractivity contribution in [2.45, 2.75) is 45.7 Å². The summed E-state index contributed by atoms with van der Waals surface area (Å²) in [6.45, 7) is 4.59. The fourth-order valence-corrected chi connectivity index (χ4v) is 4.27. The summed E-state index contributed by atoms with van der Waals surface area (Å²) in [4.78, 5) is 22.7. The van der Waals surface area contributed by atoms with Crippen LogP contribution in [-0.2, 0) is 6.18 Å². The molecule has 3 aromatic rings. The Morgan fingerprint density at radius 3 is 2.33 bits per heavy atom. The molecular weight excluding hydrogens is 472 g/mol. The number of aromatic nitrogens is 2. The summed E-state index contributed by atoms with van der Waals surface area (Å²) >= 11 is 0. The molecule has 9 heteroatoms. The van der Waals surface area contributed by atoms with E-state index < -0.39 is 23.5 Å². The molecule has 1 aromatic heterocycles. The van der Waals surface area contributed by atoms with E-state index in [1.165, 1.54) is 0 Å². The summed E-state index contributed by atoms with van der Waals surface area (Å²) in [5.74, 6) is 0.925. The summed E-state index contributed by atoms with van der Waals surface area (Å²) in [5.41, 5.74) is -0.441. The number of carbonyl (C=O) groups is 1. The number of hydrogen-bond donors (Lipinski definition) is 1. The van der Waals surface area contributed by atoms with Gasteiger partial charge in [0.25, 0.3) is 5.91 Å². The molecule has 1 aliphatic carbocycles. The number of halogens is 4. The first-order valence-corrected chi connectivity index (χ1v) is 12.0. The molecule has 1 N–H and O–H groups in total. The molecule has 0 spiro atoms. The second-order valence-corrected chi connectivity index (χ2v) is 9.53. The summed E-state index contributed by atoms with van der Waals surface area (Å²) in [5, 5.41) is 3.78. The van der Waals surface area contributed by atoms with E-state index in [4.69, 9.17) is 0 Å². The molecule has 1 amide bonds. The average Bonchev–Trinajstić information content (AvgIpc) is 2.82. The van der Waals surface area contributed by atoms with Crippen LogP contribution in [0.5, 0.6) is 0 Å². The third kappa shape index (κ3) is 7.15. The highest BCUT2D eigenvalue weighted by molar-refractivity contribution is 5.94. The van der Waals surface area contributed by atoms with Crippen molar-refractivity contribution in [3.8, 4) is 0 Å². The Kier molecular flexibility index (Phi) is 8.87. The van der Waals surface area contributed by atoms with Gasteiger partial charge in [0, 0.05) is 31.6 Å². The predicted octanol–water partition coefficient (Wildman–Crippen LogP) is 6.40. The molecule has 0 saturated heterocycles. The molecule has 1 heterocycles. The molecule has 0 bridgehead atoms. The lowest BCUT2D eigenvalue weighted by Crippen LogP contribution is -2.31. The zero-order valence-electron chi connectivity index (χ0n) is 21.0. The van der Waals surface area contributed by atoms with Crippen LogP contribution in [0.2, 0.25) is 0 Å². The number of nitrogens with one attached hydrogen (secondary N) is 1. The number of nitrogens with zero attached hydrogens (tertiary/aromatic N) is 3. The first kappa shape index (κ1) is 27.4. The summed E-state index contributed by atoms with van der Waals surface area (Å²) in [7, 11) is 3.99. The molecule has 194 valence electrons. The summed E-state index contributed by atoms with van der Waals surface area (Å²) in [6.07, 6.45) is -0.450. The summed E-state index contributed by atoms with van der Waals surface area (Å²) < 4.78 is 50.8. The minimum absolute atomic E-state index is 0.0883. The number of rotatable bonds is 4. The van der Waals surface area contributed by atoms with Crippen LogP contribution in [0.3, 0.4) is 0 Å². The monoisotopic (exact) mass is 504 g/mol. The number of carbonyl (C=O) groups excluding carboxylic acids is 1. The van der Waals surface area contributed by atoms with Gasteiger partial charge in [0.15, 0.2) is 0 Å². The van der Waals surface area contributed by atoms with E-state index in [0.717, 1.165) is 54.3 Å². The third-order valence-electron chi connectivity index (χ3n) is 6.34. The number of amides is 1. The zero-order chi connectivity index (χ0) is 26.5. The number of fused-ring (bicyclic) bond motifs is 1. The molecular formula is C27H32F4N4O. The molecule has 4 rings (SSSR count). The van der Waals surface area contributed by atoms with Crippen LogP contribution >= 0.6 is 0 Å². The lowest BCUT2D eigenvalue weighted by molar-refractivity contribution is -0.140. The van der Waals surface area contributed by atoms with Crippen LogP contribution in [0.4, 0.5) is 23.4 Å². The van der Waals surface area contributed by atoms with E-state index in [9.17, 15) is 22.4 Å². The fourth-order valence-electron chi connectivity index (χ4n) is 4.27. The van der Waals surface area contributed by atoms with Crippen LogP contribution < -0.4 is 10.2 Å². The smallest absolute Gasteiger partial charge is 0.362 e.